The molecule has 1 aliphatic rings. The highest BCUT2D eigenvalue weighted by Gasteiger charge is 2.55. The summed E-state index contributed by atoms with van der Waals surface area (Å²) < 4.78 is 25.1. The van der Waals surface area contributed by atoms with Gasteiger partial charge in [0.25, 0.3) is 0 Å². The van der Waals surface area contributed by atoms with E-state index in [0.29, 0.717) is 6.61 Å². The Morgan fingerprint density at radius 2 is 1.00 bits per heavy atom. The van der Waals surface area contributed by atoms with E-state index in [1.165, 1.54) is 0 Å². The van der Waals surface area contributed by atoms with Crippen LogP contribution in [0.5, 0.6) is 0 Å². The Labute approximate surface area is 241 Å². The van der Waals surface area contributed by atoms with Gasteiger partial charge in [0.15, 0.2) is 5.78 Å². The van der Waals surface area contributed by atoms with Crippen molar-refractivity contribution in [3.8, 4) is 0 Å². The molecule has 5 rings (SSSR count). The molecule has 41 heavy (non-hydrogen) atoms. The molecule has 0 unspecified atom stereocenters. The van der Waals surface area contributed by atoms with E-state index < -0.39 is 23.9 Å². The highest BCUT2D eigenvalue weighted by molar-refractivity contribution is 5.86. The fourth-order valence-electron chi connectivity index (χ4n) is 5.10. The Kier molecular flexibility index (Phi) is 10.1. The zero-order valence-corrected chi connectivity index (χ0v) is 23.0. The quantitative estimate of drug-likeness (QED) is 0.231. The third kappa shape index (κ3) is 7.97. The number of rotatable bonds is 13. The maximum atomic E-state index is 13.6. The Hall–Kier alpha value is -3.65. The number of carbonyl (C=O) groups is 1. The van der Waals surface area contributed by atoms with E-state index in [0.717, 1.165) is 22.3 Å². The van der Waals surface area contributed by atoms with Crippen LogP contribution in [0.15, 0.2) is 121 Å². The van der Waals surface area contributed by atoms with Crippen LogP contribution in [0.4, 0.5) is 0 Å². The van der Waals surface area contributed by atoms with Gasteiger partial charge >= 0.3 is 0 Å². The maximum Gasteiger partial charge on any atom is 0.167 e. The molecule has 1 N–H and O–H groups in total. The lowest BCUT2D eigenvalue weighted by molar-refractivity contribution is -0.240. The second-order valence-corrected chi connectivity index (χ2v) is 10.4. The van der Waals surface area contributed by atoms with Crippen LogP contribution in [0.1, 0.15) is 28.7 Å². The number of ether oxygens (including phenoxy) is 4. The molecule has 0 bridgehead atoms. The zero-order chi connectivity index (χ0) is 28.3. The first-order chi connectivity index (χ1) is 20.1. The molecule has 1 fully saturated rings. The molecule has 1 aliphatic carbocycles. The van der Waals surface area contributed by atoms with Crippen LogP contribution < -0.4 is 0 Å². The van der Waals surface area contributed by atoms with Gasteiger partial charge in [0.1, 0.15) is 23.9 Å². The summed E-state index contributed by atoms with van der Waals surface area (Å²) in [5, 5.41) is 12.0. The first kappa shape index (κ1) is 28.9. The minimum absolute atomic E-state index is 0.0936. The molecular formula is C35H36O6. The van der Waals surface area contributed by atoms with Gasteiger partial charge in [0.2, 0.25) is 0 Å². The lowest BCUT2D eigenvalue weighted by Gasteiger charge is -2.46. The minimum Gasteiger partial charge on any atom is -0.384 e. The standard InChI is InChI=1S/C35H36O6/c36-31-21-35(37,26-38-22-27-13-5-1-6-14-27)34(41-25-30-19-11-4-12-20-30)33(40-24-29-17-9-3-10-18-29)32(31)39-23-28-15-7-2-8-16-28/h1-20,32-34,37H,21-26H2/t32-,33+,34-,35-/m0/s1. The predicted octanol–water partition coefficient (Wildman–Crippen LogP) is 5.66. The molecule has 0 heterocycles. The third-order valence-electron chi connectivity index (χ3n) is 7.22. The molecular weight excluding hydrogens is 516 g/mol. The molecule has 0 aliphatic heterocycles. The van der Waals surface area contributed by atoms with Gasteiger partial charge in [0, 0.05) is 6.42 Å². The topological polar surface area (TPSA) is 74.2 Å². The smallest absolute Gasteiger partial charge is 0.167 e. The van der Waals surface area contributed by atoms with E-state index in [1.807, 2.05) is 121 Å². The molecule has 6 nitrogen and oxygen atoms in total. The molecule has 0 radical (unpaired) electrons. The van der Waals surface area contributed by atoms with Crippen molar-refractivity contribution in [2.45, 2.75) is 56.8 Å². The lowest BCUT2D eigenvalue weighted by Crippen LogP contribution is -2.65. The molecule has 4 atom stereocenters. The molecule has 4 aromatic rings. The van der Waals surface area contributed by atoms with Crippen LogP contribution >= 0.6 is 0 Å². The fraction of sp³-hybridized carbons (Fsp3) is 0.286. The van der Waals surface area contributed by atoms with Crippen LogP contribution in [0.3, 0.4) is 0 Å². The Morgan fingerprint density at radius 1 is 0.585 bits per heavy atom. The van der Waals surface area contributed by atoms with Gasteiger partial charge in [0.05, 0.1) is 33.0 Å². The number of hydrogen-bond acceptors (Lipinski definition) is 6. The molecule has 0 saturated heterocycles. The molecule has 212 valence electrons. The molecule has 4 aromatic carbocycles. The highest BCUT2D eigenvalue weighted by Crippen LogP contribution is 2.35. The number of hydrogen-bond donors (Lipinski definition) is 1. The summed E-state index contributed by atoms with van der Waals surface area (Å²) in [5.41, 5.74) is 2.18. The van der Waals surface area contributed by atoms with Crippen LogP contribution in [-0.4, -0.2) is 41.4 Å². The number of carbonyl (C=O) groups excluding carboxylic acids is 1. The van der Waals surface area contributed by atoms with E-state index in [9.17, 15) is 9.90 Å². The number of Topliss-reactive ketones (excluding diaryl/α,β-unsaturated/α-hetero) is 1. The van der Waals surface area contributed by atoms with Gasteiger partial charge in [-0.05, 0) is 22.3 Å². The summed E-state index contributed by atoms with van der Waals surface area (Å²) in [5.74, 6) is -0.246. The van der Waals surface area contributed by atoms with E-state index in [1.54, 1.807) is 0 Å². The van der Waals surface area contributed by atoms with Crippen molar-refractivity contribution >= 4 is 5.78 Å². The van der Waals surface area contributed by atoms with Gasteiger partial charge < -0.3 is 24.1 Å². The SMILES string of the molecule is O=C1C[C@](O)(COCc2ccccc2)[C@@H](OCc2ccccc2)[C@H](OCc2ccccc2)[C@H]1OCc1ccccc1. The predicted molar refractivity (Wildman–Crippen MR) is 156 cm³/mol. The van der Waals surface area contributed by atoms with Crippen molar-refractivity contribution < 1.29 is 28.8 Å². The average Bonchev–Trinajstić information content (AvgIpc) is 3.01. The molecule has 1 saturated carbocycles. The fourth-order valence-corrected chi connectivity index (χ4v) is 5.10. The largest absolute Gasteiger partial charge is 0.384 e. The minimum atomic E-state index is -1.62. The van der Waals surface area contributed by atoms with Gasteiger partial charge in [-0.25, -0.2) is 0 Å². The van der Waals surface area contributed by atoms with Crippen molar-refractivity contribution in [2.75, 3.05) is 6.61 Å². The van der Waals surface area contributed by atoms with E-state index in [2.05, 4.69) is 0 Å². The second-order valence-electron chi connectivity index (χ2n) is 10.4. The highest BCUT2D eigenvalue weighted by atomic mass is 16.6. The summed E-state index contributed by atoms with van der Waals surface area (Å²) in [6.07, 6.45) is -2.85. The summed E-state index contributed by atoms with van der Waals surface area (Å²) >= 11 is 0. The van der Waals surface area contributed by atoms with Crippen LogP contribution in [0.2, 0.25) is 0 Å². The lowest BCUT2D eigenvalue weighted by atomic mass is 9.78. The van der Waals surface area contributed by atoms with Crippen LogP contribution in [0, 0.1) is 0 Å². The summed E-state index contributed by atoms with van der Waals surface area (Å²) in [6.45, 7) is 0.903. The van der Waals surface area contributed by atoms with E-state index in [4.69, 9.17) is 18.9 Å². The Morgan fingerprint density at radius 3 is 1.49 bits per heavy atom. The van der Waals surface area contributed by atoms with Crippen molar-refractivity contribution in [3.63, 3.8) is 0 Å². The van der Waals surface area contributed by atoms with E-state index in [-0.39, 0.29) is 38.6 Å². The van der Waals surface area contributed by atoms with Crippen molar-refractivity contribution in [1.82, 2.24) is 0 Å². The third-order valence-corrected chi connectivity index (χ3v) is 7.22. The van der Waals surface area contributed by atoms with Crippen molar-refractivity contribution in [1.29, 1.82) is 0 Å². The summed E-state index contributed by atoms with van der Waals surface area (Å²) in [6, 6.07) is 38.9. The molecule has 0 aromatic heterocycles. The average molecular weight is 553 g/mol. The van der Waals surface area contributed by atoms with Gasteiger partial charge in [-0.15, -0.1) is 0 Å². The van der Waals surface area contributed by atoms with Gasteiger partial charge in [-0.2, -0.15) is 0 Å². The van der Waals surface area contributed by atoms with E-state index >= 15 is 0 Å². The second kappa shape index (κ2) is 14.3. The first-order valence-corrected chi connectivity index (χ1v) is 13.9. The summed E-state index contributed by atoms with van der Waals surface area (Å²) in [4.78, 5) is 13.6. The van der Waals surface area contributed by atoms with Crippen LogP contribution in [0.25, 0.3) is 0 Å². The monoisotopic (exact) mass is 552 g/mol. The molecule has 0 spiro atoms. The zero-order valence-electron chi connectivity index (χ0n) is 23.0. The Bertz CT molecular complexity index is 1330. The normalized spacial score (nSPS) is 22.5. The Balaban J connectivity index is 1.40. The first-order valence-electron chi connectivity index (χ1n) is 13.9. The number of benzene rings is 4. The van der Waals surface area contributed by atoms with Crippen LogP contribution in [-0.2, 0) is 50.2 Å². The maximum absolute atomic E-state index is 13.6. The van der Waals surface area contributed by atoms with Crippen molar-refractivity contribution in [3.05, 3.63) is 144 Å². The summed E-state index contributed by atoms with van der Waals surface area (Å²) in [7, 11) is 0. The van der Waals surface area contributed by atoms with Gasteiger partial charge in [-0.1, -0.05) is 121 Å². The molecule has 0 amide bonds. The number of aliphatic hydroxyl groups is 1. The molecule has 6 heteroatoms. The number of ketones is 1. The van der Waals surface area contributed by atoms with Crippen molar-refractivity contribution in [2.24, 2.45) is 0 Å². The van der Waals surface area contributed by atoms with Gasteiger partial charge in [-0.3, -0.25) is 4.79 Å².